The third-order valence-electron chi connectivity index (χ3n) is 13.5. The number of ether oxygens (including phenoxy) is 6. The molecule has 2 heterocycles. The van der Waals surface area contributed by atoms with Crippen LogP contribution in [-0.4, -0.2) is 142 Å². The first-order valence-electron chi connectivity index (χ1n) is 29.0. The Kier molecular flexibility index (Phi) is 42.5. The molecule has 0 radical (unpaired) electrons. The van der Waals surface area contributed by atoms with E-state index >= 15 is 0 Å². The Morgan fingerprint density at radius 2 is 0.851 bits per heavy atom. The lowest BCUT2D eigenvalue weighted by molar-refractivity contribution is -0.332. The maximum Gasteiger partial charge on any atom is 0.306 e. The fraction of sp³-hybridized carbons (Fsp3) is 0.783. The van der Waals surface area contributed by atoms with Gasteiger partial charge in [-0.2, -0.15) is 0 Å². The van der Waals surface area contributed by atoms with E-state index < -0.39 is 86.7 Å². The van der Waals surface area contributed by atoms with E-state index in [0.29, 0.717) is 13.0 Å². The number of esters is 1. The van der Waals surface area contributed by atoms with Gasteiger partial charge >= 0.3 is 5.97 Å². The molecule has 0 saturated carbocycles. The topological polar surface area (TPSA) is 214 Å². The minimum atomic E-state index is -1.72. The lowest BCUT2D eigenvalue weighted by Crippen LogP contribution is -2.61. The van der Waals surface area contributed by atoms with Crippen molar-refractivity contribution in [1.29, 1.82) is 0 Å². The molecule has 7 N–H and O–H groups in total. The molecule has 2 aliphatic rings. The number of carbonyl (C=O) groups is 1. The van der Waals surface area contributed by atoms with E-state index in [4.69, 9.17) is 28.4 Å². The third kappa shape index (κ3) is 32.9. The summed E-state index contributed by atoms with van der Waals surface area (Å²) in [6, 6.07) is 0. The van der Waals surface area contributed by atoms with Crippen molar-refractivity contribution in [2.24, 2.45) is 0 Å². The number of carbonyl (C=O) groups excluding carboxylic acids is 1. The highest BCUT2D eigenvalue weighted by Crippen LogP contribution is 2.26. The van der Waals surface area contributed by atoms with Gasteiger partial charge < -0.3 is 64.2 Å². The Balaban J connectivity index is 1.75. The normalized spacial score (nSPS) is 25.3. The van der Waals surface area contributed by atoms with E-state index in [2.05, 4.69) is 74.6 Å². The average Bonchev–Trinajstić information content (AvgIpc) is 3.40. The Bertz CT molecular complexity index is 1500. The summed E-state index contributed by atoms with van der Waals surface area (Å²) in [5, 5.41) is 72.3. The fourth-order valence-electron chi connectivity index (χ4n) is 8.84. The second-order valence-corrected chi connectivity index (χ2v) is 20.1. The molecule has 11 atom stereocenters. The molecule has 14 heteroatoms. The van der Waals surface area contributed by atoms with Gasteiger partial charge in [-0.1, -0.05) is 215 Å². The molecule has 0 bridgehead atoms. The molecule has 428 valence electrons. The van der Waals surface area contributed by atoms with E-state index in [0.717, 1.165) is 57.8 Å². The first-order valence-corrected chi connectivity index (χ1v) is 29.0. The quantitative estimate of drug-likeness (QED) is 0.0172. The highest BCUT2D eigenvalue weighted by Gasteiger charge is 2.47. The van der Waals surface area contributed by atoms with Gasteiger partial charge in [0.05, 0.1) is 26.4 Å². The lowest BCUT2D eigenvalue weighted by atomic mass is 9.98. The minimum Gasteiger partial charge on any atom is -0.457 e. The van der Waals surface area contributed by atoms with E-state index in [1.165, 1.54) is 116 Å². The molecule has 2 fully saturated rings. The van der Waals surface area contributed by atoms with Crippen LogP contribution in [0.25, 0.3) is 0 Å². The van der Waals surface area contributed by atoms with Crippen molar-refractivity contribution in [2.45, 2.75) is 268 Å². The van der Waals surface area contributed by atoms with Gasteiger partial charge in [0.25, 0.3) is 0 Å². The maximum absolute atomic E-state index is 13.0. The molecule has 0 spiro atoms. The molecule has 14 nitrogen and oxygen atoms in total. The summed E-state index contributed by atoms with van der Waals surface area (Å²) in [4.78, 5) is 13.0. The molecular weight excluding hydrogens is 945 g/mol. The SMILES string of the molecule is CC/C=C\C/C=C\C/C=C\C/C=C\C/C=C\C/C=C\CCC(=O)OC(COCCCCCCCCCCCCCCCCCCCCCCC)COC1OC(COC2OC(CO)C(O)C(O)C2O)C(O)C(O)C1O. The molecule has 0 aliphatic carbocycles. The Morgan fingerprint density at radius 3 is 1.30 bits per heavy atom. The van der Waals surface area contributed by atoms with Gasteiger partial charge in [-0.3, -0.25) is 4.79 Å². The van der Waals surface area contributed by atoms with Crippen LogP contribution in [0.4, 0.5) is 0 Å². The minimum absolute atomic E-state index is 0.0302. The number of aliphatic hydroxyl groups excluding tert-OH is 7. The molecule has 0 amide bonds. The summed E-state index contributed by atoms with van der Waals surface area (Å²) in [6.07, 6.45) is 42.7. The van der Waals surface area contributed by atoms with Gasteiger partial charge in [-0.15, -0.1) is 0 Å². The summed E-state index contributed by atoms with van der Waals surface area (Å²) in [5.41, 5.74) is 0. The van der Waals surface area contributed by atoms with Crippen molar-refractivity contribution in [1.82, 2.24) is 0 Å². The van der Waals surface area contributed by atoms with Crippen LogP contribution < -0.4 is 0 Å². The van der Waals surface area contributed by atoms with Crippen molar-refractivity contribution >= 4 is 5.97 Å². The molecule has 2 rings (SSSR count). The van der Waals surface area contributed by atoms with Crippen LogP contribution in [0.2, 0.25) is 0 Å². The number of rotatable bonds is 46. The average molecular weight is 1050 g/mol. The van der Waals surface area contributed by atoms with Gasteiger partial charge in [0.2, 0.25) is 0 Å². The first-order chi connectivity index (χ1) is 36.1. The van der Waals surface area contributed by atoms with Crippen LogP contribution in [0.5, 0.6) is 0 Å². The predicted octanol–water partition coefficient (Wildman–Crippen LogP) is 10.2. The van der Waals surface area contributed by atoms with Gasteiger partial charge in [-0.05, 0) is 51.4 Å². The Morgan fingerprint density at radius 1 is 0.459 bits per heavy atom. The molecule has 0 aromatic heterocycles. The number of allylic oxidation sites excluding steroid dienone is 12. The van der Waals surface area contributed by atoms with Gasteiger partial charge in [0.1, 0.15) is 54.9 Å². The van der Waals surface area contributed by atoms with E-state index in [1.54, 1.807) is 0 Å². The van der Waals surface area contributed by atoms with Crippen LogP contribution in [0.1, 0.15) is 200 Å². The largest absolute Gasteiger partial charge is 0.457 e. The molecular formula is C60H104O14. The van der Waals surface area contributed by atoms with Crippen LogP contribution >= 0.6 is 0 Å². The number of hydrogen-bond donors (Lipinski definition) is 7. The van der Waals surface area contributed by atoms with Crippen LogP contribution in [-0.2, 0) is 33.2 Å². The first kappa shape index (κ1) is 67.5. The highest BCUT2D eigenvalue weighted by molar-refractivity contribution is 5.69. The highest BCUT2D eigenvalue weighted by atomic mass is 16.7. The lowest BCUT2D eigenvalue weighted by Gasteiger charge is -2.42. The number of unbranched alkanes of at least 4 members (excludes halogenated alkanes) is 20. The smallest absolute Gasteiger partial charge is 0.306 e. The van der Waals surface area contributed by atoms with Crippen molar-refractivity contribution in [3.05, 3.63) is 72.9 Å². The van der Waals surface area contributed by atoms with Crippen LogP contribution in [0.15, 0.2) is 72.9 Å². The molecule has 2 saturated heterocycles. The zero-order chi connectivity index (χ0) is 53.7. The van der Waals surface area contributed by atoms with Gasteiger partial charge in [0, 0.05) is 13.0 Å². The summed E-state index contributed by atoms with van der Waals surface area (Å²) in [7, 11) is 0. The summed E-state index contributed by atoms with van der Waals surface area (Å²) in [5.74, 6) is -0.456. The molecule has 0 aromatic rings. The second kappa shape index (κ2) is 46.5. The predicted molar refractivity (Wildman–Crippen MR) is 293 cm³/mol. The summed E-state index contributed by atoms with van der Waals surface area (Å²) >= 11 is 0. The summed E-state index contributed by atoms with van der Waals surface area (Å²) < 4.78 is 34.3. The van der Waals surface area contributed by atoms with E-state index in [-0.39, 0.29) is 19.6 Å². The fourth-order valence-corrected chi connectivity index (χ4v) is 8.84. The van der Waals surface area contributed by atoms with Crippen molar-refractivity contribution in [3.63, 3.8) is 0 Å². The Hall–Kier alpha value is -2.57. The standard InChI is InChI=1S/C60H104O14/c1-3-5-7-9-11-13-15-17-19-21-23-24-26-28-30-32-34-36-38-40-42-44-69-46-49(72-52(62)43-41-39-37-35-33-31-29-27-25-22-20-18-16-14-12-10-8-6-4-2)47-70-59-58(68)56(66)54(64)51(74-59)48-71-60-57(67)55(65)53(63)50(45-61)73-60/h6,8,12,14,18,20,25,27,31,33,37,39,49-51,53-61,63-68H,3-5,7,9-11,13,15-17,19,21-24,26,28-30,32,34-36,38,40-48H2,1-2H3/b8-6-,14-12-,20-18-,27-25-,33-31-,39-37-. The summed E-state index contributed by atoms with van der Waals surface area (Å²) in [6.45, 7) is 3.50. The van der Waals surface area contributed by atoms with Crippen molar-refractivity contribution < 1.29 is 69.0 Å². The molecule has 11 unspecified atom stereocenters. The molecule has 0 aromatic carbocycles. The Labute approximate surface area is 447 Å². The van der Waals surface area contributed by atoms with E-state index in [9.17, 15) is 40.5 Å². The van der Waals surface area contributed by atoms with Crippen LogP contribution in [0, 0.1) is 0 Å². The zero-order valence-corrected chi connectivity index (χ0v) is 45.8. The van der Waals surface area contributed by atoms with Crippen molar-refractivity contribution in [3.8, 4) is 0 Å². The van der Waals surface area contributed by atoms with Gasteiger partial charge in [0.15, 0.2) is 12.6 Å². The molecule has 2 aliphatic heterocycles. The second-order valence-electron chi connectivity index (χ2n) is 20.1. The molecule has 74 heavy (non-hydrogen) atoms. The van der Waals surface area contributed by atoms with Crippen LogP contribution in [0.3, 0.4) is 0 Å². The van der Waals surface area contributed by atoms with E-state index in [1.807, 2.05) is 12.2 Å². The monoisotopic (exact) mass is 1050 g/mol. The van der Waals surface area contributed by atoms with Gasteiger partial charge in [-0.25, -0.2) is 0 Å². The van der Waals surface area contributed by atoms with Crippen molar-refractivity contribution in [2.75, 3.05) is 33.0 Å². The maximum atomic E-state index is 13.0. The zero-order valence-electron chi connectivity index (χ0n) is 45.8. The number of aliphatic hydroxyl groups is 7. The number of hydrogen-bond acceptors (Lipinski definition) is 14. The third-order valence-corrected chi connectivity index (χ3v) is 13.5.